The van der Waals surface area contributed by atoms with Gasteiger partial charge in [-0.25, -0.2) is 4.98 Å². The highest BCUT2D eigenvalue weighted by atomic mass is 15.2. The zero-order valence-corrected chi connectivity index (χ0v) is 11.1. The lowest BCUT2D eigenvalue weighted by molar-refractivity contribution is 0.225. The summed E-state index contributed by atoms with van der Waals surface area (Å²) < 4.78 is 2.23. The average molecular weight is 244 g/mol. The Morgan fingerprint density at radius 3 is 2.72 bits per heavy atom. The first kappa shape index (κ1) is 11.5. The monoisotopic (exact) mass is 244 g/mol. The van der Waals surface area contributed by atoms with Crippen molar-refractivity contribution in [2.45, 2.75) is 25.8 Å². The quantitative estimate of drug-likeness (QED) is 0.836. The molecule has 0 bridgehead atoms. The Kier molecular flexibility index (Phi) is 2.74. The van der Waals surface area contributed by atoms with E-state index >= 15 is 0 Å². The van der Waals surface area contributed by atoms with Gasteiger partial charge in [-0.3, -0.25) is 0 Å². The predicted octanol–water partition coefficient (Wildman–Crippen LogP) is 2.19. The molecular weight excluding hydrogens is 224 g/mol. The van der Waals surface area contributed by atoms with Gasteiger partial charge in [0.25, 0.3) is 0 Å². The Morgan fingerprint density at radius 2 is 2.00 bits per heavy atom. The summed E-state index contributed by atoms with van der Waals surface area (Å²) >= 11 is 0. The minimum atomic E-state index is 0.494. The van der Waals surface area contributed by atoms with Gasteiger partial charge < -0.3 is 15.2 Å². The fraction of sp³-hybridized carbons (Fsp3) is 0.500. The van der Waals surface area contributed by atoms with E-state index in [1.165, 1.54) is 11.1 Å². The number of para-hydroxylation sites is 1. The molecule has 1 aromatic heterocycles. The minimum absolute atomic E-state index is 0.494. The van der Waals surface area contributed by atoms with Crippen molar-refractivity contribution in [1.29, 1.82) is 0 Å². The van der Waals surface area contributed by atoms with E-state index < -0.39 is 0 Å². The van der Waals surface area contributed by atoms with Gasteiger partial charge in [0.2, 0.25) is 5.95 Å². The fourth-order valence-electron chi connectivity index (χ4n) is 2.91. The van der Waals surface area contributed by atoms with Crippen LogP contribution in [0.2, 0.25) is 0 Å². The van der Waals surface area contributed by atoms with Gasteiger partial charge in [0, 0.05) is 6.04 Å². The van der Waals surface area contributed by atoms with Crippen molar-refractivity contribution in [3.05, 3.63) is 23.8 Å². The second kappa shape index (κ2) is 4.28. The van der Waals surface area contributed by atoms with Crippen molar-refractivity contribution in [2.75, 3.05) is 25.9 Å². The first-order chi connectivity index (χ1) is 8.66. The van der Waals surface area contributed by atoms with Crippen molar-refractivity contribution in [1.82, 2.24) is 14.5 Å². The van der Waals surface area contributed by atoms with Gasteiger partial charge in [-0.2, -0.15) is 0 Å². The van der Waals surface area contributed by atoms with Crippen LogP contribution in [-0.2, 0) is 0 Å². The Balaban J connectivity index is 2.06. The molecular formula is C14H20N4. The van der Waals surface area contributed by atoms with Crippen molar-refractivity contribution < 1.29 is 0 Å². The topological polar surface area (TPSA) is 47.1 Å². The molecule has 4 nitrogen and oxygen atoms in total. The summed E-state index contributed by atoms with van der Waals surface area (Å²) in [5.41, 5.74) is 9.56. The van der Waals surface area contributed by atoms with E-state index in [0.717, 1.165) is 31.4 Å². The number of benzene rings is 1. The van der Waals surface area contributed by atoms with Crippen LogP contribution in [0, 0.1) is 6.92 Å². The number of imidazole rings is 1. The fourth-order valence-corrected chi connectivity index (χ4v) is 2.91. The van der Waals surface area contributed by atoms with Crippen LogP contribution in [0.1, 0.15) is 24.4 Å². The third-order valence-corrected chi connectivity index (χ3v) is 4.00. The molecule has 4 heteroatoms. The maximum Gasteiger partial charge on any atom is 0.201 e. The molecule has 0 amide bonds. The molecule has 3 rings (SSSR count). The molecule has 1 aliphatic heterocycles. The van der Waals surface area contributed by atoms with E-state index in [1.54, 1.807) is 0 Å². The molecule has 0 saturated carbocycles. The highest BCUT2D eigenvalue weighted by molar-refractivity contribution is 5.81. The molecule has 2 N–H and O–H groups in total. The van der Waals surface area contributed by atoms with E-state index in [0.29, 0.717) is 12.0 Å². The first-order valence-corrected chi connectivity index (χ1v) is 6.58. The number of hydrogen-bond acceptors (Lipinski definition) is 3. The first-order valence-electron chi connectivity index (χ1n) is 6.58. The maximum atomic E-state index is 6.13. The molecule has 2 aromatic rings. The molecule has 0 radical (unpaired) electrons. The van der Waals surface area contributed by atoms with Gasteiger partial charge in [0.05, 0.1) is 11.0 Å². The number of rotatable bonds is 1. The lowest BCUT2D eigenvalue weighted by atomic mass is 10.0. The summed E-state index contributed by atoms with van der Waals surface area (Å²) in [6.07, 6.45) is 2.31. The van der Waals surface area contributed by atoms with Crippen LogP contribution < -0.4 is 5.73 Å². The zero-order valence-electron chi connectivity index (χ0n) is 11.1. The molecule has 0 unspecified atom stereocenters. The molecule has 0 spiro atoms. The number of nitrogens with two attached hydrogens (primary N) is 1. The van der Waals surface area contributed by atoms with Crippen LogP contribution in [0.15, 0.2) is 18.2 Å². The maximum absolute atomic E-state index is 6.13. The van der Waals surface area contributed by atoms with Crippen molar-refractivity contribution in [2.24, 2.45) is 0 Å². The van der Waals surface area contributed by atoms with Crippen LogP contribution in [-0.4, -0.2) is 34.6 Å². The summed E-state index contributed by atoms with van der Waals surface area (Å²) in [7, 11) is 2.18. The standard InChI is InChI=1S/C14H20N4/c1-10-4-3-5-12-13(10)16-14(15)18(12)11-6-8-17(2)9-7-11/h3-5,11H,6-9H2,1-2H3,(H2,15,16). The van der Waals surface area contributed by atoms with Gasteiger partial charge >= 0.3 is 0 Å². The number of fused-ring (bicyclic) bond motifs is 1. The third kappa shape index (κ3) is 1.77. The summed E-state index contributed by atoms with van der Waals surface area (Å²) in [4.78, 5) is 6.91. The molecule has 18 heavy (non-hydrogen) atoms. The molecule has 2 heterocycles. The molecule has 1 aromatic carbocycles. The van der Waals surface area contributed by atoms with E-state index in [-0.39, 0.29) is 0 Å². The number of anilines is 1. The van der Waals surface area contributed by atoms with Gasteiger partial charge in [-0.1, -0.05) is 12.1 Å². The minimum Gasteiger partial charge on any atom is -0.369 e. The summed E-state index contributed by atoms with van der Waals surface area (Å²) in [6, 6.07) is 6.80. The molecule has 0 atom stereocenters. The lowest BCUT2D eigenvalue weighted by Crippen LogP contribution is -2.31. The largest absolute Gasteiger partial charge is 0.369 e. The number of aromatic nitrogens is 2. The highest BCUT2D eigenvalue weighted by Gasteiger charge is 2.22. The van der Waals surface area contributed by atoms with E-state index in [2.05, 4.69) is 46.6 Å². The van der Waals surface area contributed by atoms with Crippen LogP contribution in [0.4, 0.5) is 5.95 Å². The van der Waals surface area contributed by atoms with Crippen molar-refractivity contribution in [3.63, 3.8) is 0 Å². The Hall–Kier alpha value is -1.55. The smallest absolute Gasteiger partial charge is 0.201 e. The van der Waals surface area contributed by atoms with E-state index in [1.807, 2.05) is 0 Å². The number of nitrogens with zero attached hydrogens (tertiary/aromatic N) is 3. The van der Waals surface area contributed by atoms with Crippen molar-refractivity contribution in [3.8, 4) is 0 Å². The van der Waals surface area contributed by atoms with Gasteiger partial charge in [0.15, 0.2) is 0 Å². The molecule has 0 aliphatic carbocycles. The zero-order chi connectivity index (χ0) is 12.7. The number of hydrogen-bond donors (Lipinski definition) is 1. The predicted molar refractivity (Wildman–Crippen MR) is 74.7 cm³/mol. The average Bonchev–Trinajstić information content (AvgIpc) is 2.69. The Bertz CT molecular complexity index is 564. The Labute approximate surface area is 107 Å². The number of likely N-dealkylation sites (tertiary alicyclic amines) is 1. The van der Waals surface area contributed by atoms with E-state index in [4.69, 9.17) is 5.73 Å². The second-order valence-electron chi connectivity index (χ2n) is 5.32. The second-order valence-corrected chi connectivity index (χ2v) is 5.32. The van der Waals surface area contributed by atoms with Crippen LogP contribution in [0.5, 0.6) is 0 Å². The summed E-state index contributed by atoms with van der Waals surface area (Å²) in [6.45, 7) is 4.36. The van der Waals surface area contributed by atoms with E-state index in [9.17, 15) is 0 Å². The van der Waals surface area contributed by atoms with Crippen LogP contribution in [0.3, 0.4) is 0 Å². The molecule has 1 fully saturated rings. The highest BCUT2D eigenvalue weighted by Crippen LogP contribution is 2.30. The van der Waals surface area contributed by atoms with Crippen molar-refractivity contribution >= 4 is 17.0 Å². The Morgan fingerprint density at radius 1 is 1.28 bits per heavy atom. The summed E-state index contributed by atoms with van der Waals surface area (Å²) in [5, 5.41) is 0. The van der Waals surface area contributed by atoms with Crippen LogP contribution in [0.25, 0.3) is 11.0 Å². The summed E-state index contributed by atoms with van der Waals surface area (Å²) in [5.74, 6) is 0.661. The number of aryl methyl sites for hydroxylation is 1. The van der Waals surface area contributed by atoms with Gasteiger partial charge in [-0.15, -0.1) is 0 Å². The van der Waals surface area contributed by atoms with Gasteiger partial charge in [0.1, 0.15) is 0 Å². The normalized spacial score (nSPS) is 18.6. The number of piperidine rings is 1. The van der Waals surface area contributed by atoms with Crippen LogP contribution >= 0.6 is 0 Å². The molecule has 96 valence electrons. The van der Waals surface area contributed by atoms with Gasteiger partial charge in [-0.05, 0) is 51.5 Å². The lowest BCUT2D eigenvalue weighted by Gasteiger charge is -2.30. The number of nitrogen functional groups attached to an aromatic ring is 1. The third-order valence-electron chi connectivity index (χ3n) is 4.00. The SMILES string of the molecule is Cc1cccc2c1nc(N)n2C1CCN(C)CC1. The molecule has 1 saturated heterocycles. The molecule has 1 aliphatic rings.